The summed E-state index contributed by atoms with van der Waals surface area (Å²) in [4.78, 5) is 10.1. The molecule has 20 heavy (non-hydrogen) atoms. The van der Waals surface area contributed by atoms with Crippen molar-refractivity contribution in [2.45, 2.75) is 24.7 Å². The molecule has 0 radical (unpaired) electrons. The first-order valence-corrected chi connectivity index (χ1v) is 7.75. The summed E-state index contributed by atoms with van der Waals surface area (Å²) in [5.74, 6) is -1.80. The van der Waals surface area contributed by atoms with Gasteiger partial charge in [-0.25, -0.2) is 17.5 Å². The summed E-state index contributed by atoms with van der Waals surface area (Å²) < 4.78 is 39.3. The molecule has 0 spiro atoms. The van der Waals surface area contributed by atoms with Crippen LogP contribution in [0.2, 0.25) is 5.02 Å². The number of hydrogen-bond acceptors (Lipinski definition) is 3. The number of aliphatic carboxylic acids is 1. The van der Waals surface area contributed by atoms with Crippen molar-refractivity contribution in [3.05, 3.63) is 29.0 Å². The molecule has 0 aliphatic rings. The molecule has 1 rings (SSSR count). The first-order chi connectivity index (χ1) is 9.22. The smallest absolute Gasteiger partial charge is 0.303 e. The van der Waals surface area contributed by atoms with E-state index in [-0.39, 0.29) is 28.8 Å². The summed E-state index contributed by atoms with van der Waals surface area (Å²) in [6.07, 6.45) is 0.304. The van der Waals surface area contributed by atoms with Crippen LogP contribution in [0.4, 0.5) is 4.39 Å². The topological polar surface area (TPSA) is 83.5 Å². The van der Waals surface area contributed by atoms with Gasteiger partial charge in [0.05, 0.1) is 5.02 Å². The van der Waals surface area contributed by atoms with E-state index in [1.165, 1.54) is 6.07 Å². The molecule has 112 valence electrons. The van der Waals surface area contributed by atoms with E-state index in [0.717, 1.165) is 12.1 Å². The largest absolute Gasteiger partial charge is 0.481 e. The van der Waals surface area contributed by atoms with Crippen LogP contribution in [0.15, 0.2) is 23.1 Å². The van der Waals surface area contributed by atoms with Crippen molar-refractivity contribution in [3.63, 3.8) is 0 Å². The minimum absolute atomic E-state index is 0.0381. The first kappa shape index (κ1) is 16.9. The first-order valence-electron chi connectivity index (χ1n) is 5.89. The molecule has 0 fully saturated rings. The second-order valence-electron chi connectivity index (χ2n) is 4.46. The fourth-order valence-corrected chi connectivity index (χ4v) is 3.16. The van der Waals surface area contributed by atoms with Gasteiger partial charge in [0.2, 0.25) is 10.0 Å². The molecule has 0 aliphatic carbocycles. The van der Waals surface area contributed by atoms with E-state index in [1.807, 2.05) is 0 Å². The summed E-state index contributed by atoms with van der Waals surface area (Å²) in [7, 11) is -3.92. The molecule has 0 aliphatic heterocycles. The number of benzene rings is 1. The average molecular weight is 324 g/mol. The molecule has 5 nitrogen and oxygen atoms in total. The highest BCUT2D eigenvalue weighted by atomic mass is 35.5. The number of carboxylic acid groups (broad SMARTS) is 1. The lowest BCUT2D eigenvalue weighted by Gasteiger charge is -2.12. The number of hydrogen-bond donors (Lipinski definition) is 2. The Bertz CT molecular complexity index is 591. The Hall–Kier alpha value is -1.18. The number of carboxylic acids is 1. The normalized spacial score (nSPS) is 13.2. The molecule has 0 saturated heterocycles. The molecule has 1 atom stereocenters. The van der Waals surface area contributed by atoms with Crippen molar-refractivity contribution in [2.75, 3.05) is 6.54 Å². The van der Waals surface area contributed by atoms with Gasteiger partial charge in [0.15, 0.2) is 0 Å². The molecule has 0 bridgehead atoms. The van der Waals surface area contributed by atoms with Gasteiger partial charge in [0, 0.05) is 13.0 Å². The van der Waals surface area contributed by atoms with Crippen molar-refractivity contribution in [2.24, 2.45) is 5.92 Å². The monoisotopic (exact) mass is 323 g/mol. The molecule has 8 heteroatoms. The molecule has 1 aromatic carbocycles. The van der Waals surface area contributed by atoms with Crippen molar-refractivity contribution < 1.29 is 22.7 Å². The van der Waals surface area contributed by atoms with E-state index in [2.05, 4.69) is 4.72 Å². The minimum atomic E-state index is -3.92. The van der Waals surface area contributed by atoms with E-state index < -0.39 is 21.8 Å². The van der Waals surface area contributed by atoms with Crippen LogP contribution in [0.3, 0.4) is 0 Å². The predicted molar refractivity (Wildman–Crippen MR) is 72.6 cm³/mol. The van der Waals surface area contributed by atoms with Gasteiger partial charge in [0.25, 0.3) is 0 Å². The number of sulfonamides is 1. The average Bonchev–Trinajstić information content (AvgIpc) is 2.36. The zero-order valence-corrected chi connectivity index (χ0v) is 12.3. The van der Waals surface area contributed by atoms with E-state index in [1.54, 1.807) is 6.92 Å². The van der Waals surface area contributed by atoms with Crippen LogP contribution < -0.4 is 4.72 Å². The van der Waals surface area contributed by atoms with Gasteiger partial charge in [-0.3, -0.25) is 4.79 Å². The number of carbonyl (C=O) groups is 1. The molecule has 0 saturated carbocycles. The van der Waals surface area contributed by atoms with Crippen molar-refractivity contribution in [3.8, 4) is 0 Å². The van der Waals surface area contributed by atoms with E-state index in [9.17, 15) is 17.6 Å². The van der Waals surface area contributed by atoms with Crippen molar-refractivity contribution in [1.29, 1.82) is 0 Å². The van der Waals surface area contributed by atoms with Crippen LogP contribution in [-0.4, -0.2) is 26.0 Å². The SMILES string of the molecule is CC(CCC(=O)O)CNS(=O)(=O)c1cc(F)ccc1Cl. The van der Waals surface area contributed by atoms with Crippen LogP contribution >= 0.6 is 11.6 Å². The van der Waals surface area contributed by atoms with E-state index in [4.69, 9.17) is 16.7 Å². The summed E-state index contributed by atoms with van der Waals surface area (Å²) in [6, 6.07) is 3.07. The lowest BCUT2D eigenvalue weighted by Crippen LogP contribution is -2.29. The highest BCUT2D eigenvalue weighted by molar-refractivity contribution is 7.89. The summed E-state index contributed by atoms with van der Waals surface area (Å²) >= 11 is 5.74. The maximum Gasteiger partial charge on any atom is 0.303 e. The highest BCUT2D eigenvalue weighted by Crippen LogP contribution is 2.22. The molecular formula is C12H15ClFNO4S. The highest BCUT2D eigenvalue weighted by Gasteiger charge is 2.19. The summed E-state index contributed by atoms with van der Waals surface area (Å²) in [5, 5.41) is 8.47. The Morgan fingerprint density at radius 2 is 2.15 bits per heavy atom. The Morgan fingerprint density at radius 3 is 2.75 bits per heavy atom. The lowest BCUT2D eigenvalue weighted by atomic mass is 10.1. The Morgan fingerprint density at radius 1 is 1.50 bits per heavy atom. The van der Waals surface area contributed by atoms with Crippen LogP contribution in [0, 0.1) is 11.7 Å². The third-order valence-electron chi connectivity index (χ3n) is 2.66. The third kappa shape index (κ3) is 5.07. The Kier molecular flexibility index (Phi) is 5.91. The van der Waals surface area contributed by atoms with E-state index in [0.29, 0.717) is 6.42 Å². The lowest BCUT2D eigenvalue weighted by molar-refractivity contribution is -0.137. The predicted octanol–water partition coefficient (Wildman–Crippen LogP) is 2.26. The van der Waals surface area contributed by atoms with Crippen molar-refractivity contribution in [1.82, 2.24) is 4.72 Å². The molecule has 2 N–H and O–H groups in total. The van der Waals surface area contributed by atoms with Gasteiger partial charge in [-0.05, 0) is 30.5 Å². The van der Waals surface area contributed by atoms with Gasteiger partial charge in [0.1, 0.15) is 10.7 Å². The third-order valence-corrected chi connectivity index (χ3v) is 4.56. The van der Waals surface area contributed by atoms with Gasteiger partial charge < -0.3 is 5.11 Å². The zero-order chi connectivity index (χ0) is 15.3. The molecule has 1 aromatic rings. The van der Waals surface area contributed by atoms with Crippen LogP contribution in [-0.2, 0) is 14.8 Å². The number of nitrogens with one attached hydrogen (secondary N) is 1. The fourth-order valence-electron chi connectivity index (χ4n) is 1.48. The molecular weight excluding hydrogens is 309 g/mol. The fraction of sp³-hybridized carbons (Fsp3) is 0.417. The Labute approximate surface area is 121 Å². The van der Waals surface area contributed by atoms with Gasteiger partial charge >= 0.3 is 5.97 Å². The van der Waals surface area contributed by atoms with E-state index >= 15 is 0 Å². The number of rotatable bonds is 7. The summed E-state index contributed by atoms with van der Waals surface area (Å²) in [6.45, 7) is 1.78. The minimum Gasteiger partial charge on any atom is -0.481 e. The second kappa shape index (κ2) is 7.01. The zero-order valence-electron chi connectivity index (χ0n) is 10.8. The quantitative estimate of drug-likeness (QED) is 0.806. The van der Waals surface area contributed by atoms with Crippen LogP contribution in [0.25, 0.3) is 0 Å². The Balaban J connectivity index is 2.70. The number of halogens is 2. The summed E-state index contributed by atoms with van der Waals surface area (Å²) in [5.41, 5.74) is 0. The van der Waals surface area contributed by atoms with Crippen molar-refractivity contribution >= 4 is 27.6 Å². The molecule has 1 unspecified atom stereocenters. The van der Waals surface area contributed by atoms with Gasteiger partial charge in [-0.1, -0.05) is 18.5 Å². The standard InChI is InChI=1S/C12H15ClFNO4S/c1-8(2-5-12(16)17)7-15-20(18,19)11-6-9(14)3-4-10(11)13/h3-4,6,8,15H,2,5,7H2,1H3,(H,16,17). The maximum atomic E-state index is 13.1. The van der Waals surface area contributed by atoms with Gasteiger partial charge in [-0.2, -0.15) is 0 Å². The van der Waals surface area contributed by atoms with Gasteiger partial charge in [-0.15, -0.1) is 0 Å². The van der Waals surface area contributed by atoms with Crippen LogP contribution in [0.1, 0.15) is 19.8 Å². The second-order valence-corrected chi connectivity index (χ2v) is 6.61. The van der Waals surface area contributed by atoms with Crippen LogP contribution in [0.5, 0.6) is 0 Å². The molecule has 0 heterocycles. The molecule has 0 aromatic heterocycles. The molecule has 0 amide bonds. The maximum absolute atomic E-state index is 13.1.